The molecule has 1 aromatic heterocycles. The topological polar surface area (TPSA) is 53.1 Å². The van der Waals surface area contributed by atoms with Crippen molar-refractivity contribution in [1.82, 2.24) is 9.55 Å². The molecule has 1 atom stereocenters. The lowest BCUT2D eigenvalue weighted by atomic mass is 10.1. The van der Waals surface area contributed by atoms with Crippen LogP contribution in [0.2, 0.25) is 0 Å². The summed E-state index contributed by atoms with van der Waals surface area (Å²) in [7, 11) is 1.70. The second kappa shape index (κ2) is 6.57. The van der Waals surface area contributed by atoms with Crippen molar-refractivity contribution in [2.45, 2.75) is 39.3 Å². The van der Waals surface area contributed by atoms with E-state index >= 15 is 0 Å². The minimum Gasteiger partial charge on any atom is -0.496 e. The van der Waals surface area contributed by atoms with Gasteiger partial charge in [0.2, 0.25) is 0 Å². The Labute approximate surface area is 120 Å². The van der Waals surface area contributed by atoms with Gasteiger partial charge >= 0.3 is 0 Å². The first-order valence-corrected chi connectivity index (χ1v) is 7.02. The standard InChI is InChI=1S/C16H23N3O/c1-4-14(17)8-15-10-19(11-18-15)9-13-7-12(2)5-6-16(13)20-3/h5-7,10-11,14H,4,8-9,17H2,1-3H3. The van der Waals surface area contributed by atoms with Gasteiger partial charge in [-0.25, -0.2) is 4.98 Å². The summed E-state index contributed by atoms with van der Waals surface area (Å²) in [4.78, 5) is 4.42. The summed E-state index contributed by atoms with van der Waals surface area (Å²) in [6, 6.07) is 6.40. The molecule has 108 valence electrons. The van der Waals surface area contributed by atoms with Crippen LogP contribution in [0.25, 0.3) is 0 Å². The van der Waals surface area contributed by atoms with Crippen LogP contribution in [0.3, 0.4) is 0 Å². The highest BCUT2D eigenvalue weighted by atomic mass is 16.5. The van der Waals surface area contributed by atoms with Gasteiger partial charge in [-0.2, -0.15) is 0 Å². The van der Waals surface area contributed by atoms with Crippen LogP contribution in [0.5, 0.6) is 5.75 Å². The number of hydrogen-bond acceptors (Lipinski definition) is 3. The van der Waals surface area contributed by atoms with Crippen molar-refractivity contribution in [3.05, 3.63) is 47.5 Å². The summed E-state index contributed by atoms with van der Waals surface area (Å²) >= 11 is 0. The zero-order chi connectivity index (χ0) is 14.5. The lowest BCUT2D eigenvalue weighted by Crippen LogP contribution is -2.21. The number of imidazole rings is 1. The average Bonchev–Trinajstić information content (AvgIpc) is 2.86. The van der Waals surface area contributed by atoms with Gasteiger partial charge in [0, 0.05) is 24.2 Å². The Bertz CT molecular complexity index is 563. The molecule has 0 aliphatic rings. The highest BCUT2D eigenvalue weighted by Crippen LogP contribution is 2.20. The van der Waals surface area contributed by atoms with Crippen LogP contribution >= 0.6 is 0 Å². The lowest BCUT2D eigenvalue weighted by molar-refractivity contribution is 0.408. The first kappa shape index (κ1) is 14.6. The van der Waals surface area contributed by atoms with Crippen molar-refractivity contribution < 1.29 is 4.74 Å². The maximum absolute atomic E-state index is 5.96. The Hall–Kier alpha value is -1.81. The van der Waals surface area contributed by atoms with E-state index in [9.17, 15) is 0 Å². The minimum absolute atomic E-state index is 0.187. The van der Waals surface area contributed by atoms with Crippen LogP contribution in [0, 0.1) is 6.92 Å². The van der Waals surface area contributed by atoms with Gasteiger partial charge < -0.3 is 15.0 Å². The predicted molar refractivity (Wildman–Crippen MR) is 81.0 cm³/mol. The molecule has 0 amide bonds. The number of nitrogens with zero attached hydrogens (tertiary/aromatic N) is 2. The molecule has 4 heteroatoms. The number of aromatic nitrogens is 2. The van der Waals surface area contributed by atoms with Gasteiger partial charge in [0.25, 0.3) is 0 Å². The molecule has 0 saturated carbocycles. The van der Waals surface area contributed by atoms with Crippen LogP contribution < -0.4 is 10.5 Å². The van der Waals surface area contributed by atoms with Crippen LogP contribution in [-0.4, -0.2) is 22.7 Å². The molecular weight excluding hydrogens is 250 g/mol. The molecule has 1 unspecified atom stereocenters. The maximum atomic E-state index is 5.96. The van der Waals surface area contributed by atoms with E-state index in [-0.39, 0.29) is 6.04 Å². The van der Waals surface area contributed by atoms with Crippen LogP contribution in [0.1, 0.15) is 30.2 Å². The monoisotopic (exact) mass is 273 g/mol. The summed E-state index contributed by atoms with van der Waals surface area (Å²) in [5.41, 5.74) is 9.40. The molecule has 0 aliphatic heterocycles. The fraction of sp³-hybridized carbons (Fsp3) is 0.438. The Morgan fingerprint density at radius 1 is 1.40 bits per heavy atom. The molecule has 1 heterocycles. The number of methoxy groups -OCH3 is 1. The Balaban J connectivity index is 2.12. The Morgan fingerprint density at radius 3 is 2.90 bits per heavy atom. The minimum atomic E-state index is 0.187. The van der Waals surface area contributed by atoms with E-state index in [1.807, 2.05) is 12.4 Å². The van der Waals surface area contributed by atoms with Crippen molar-refractivity contribution in [3.8, 4) is 5.75 Å². The van der Waals surface area contributed by atoms with E-state index in [1.54, 1.807) is 7.11 Å². The molecular formula is C16H23N3O. The molecule has 2 N–H and O–H groups in total. The number of hydrogen-bond donors (Lipinski definition) is 1. The van der Waals surface area contributed by atoms with E-state index in [0.29, 0.717) is 0 Å². The average molecular weight is 273 g/mol. The van der Waals surface area contributed by atoms with Gasteiger partial charge in [0.1, 0.15) is 5.75 Å². The van der Waals surface area contributed by atoms with Gasteiger partial charge in [-0.05, 0) is 19.4 Å². The zero-order valence-electron chi connectivity index (χ0n) is 12.5. The van der Waals surface area contributed by atoms with Crippen molar-refractivity contribution in [2.75, 3.05) is 7.11 Å². The Kier molecular flexibility index (Phi) is 4.79. The first-order valence-electron chi connectivity index (χ1n) is 7.02. The quantitative estimate of drug-likeness (QED) is 0.880. The molecule has 2 aromatic rings. The predicted octanol–water partition coefficient (Wildman–Crippen LogP) is 2.53. The van der Waals surface area contributed by atoms with Crippen LogP contribution in [0.4, 0.5) is 0 Å². The van der Waals surface area contributed by atoms with Crippen LogP contribution in [0.15, 0.2) is 30.7 Å². The highest BCUT2D eigenvalue weighted by Gasteiger charge is 2.07. The third-order valence-corrected chi connectivity index (χ3v) is 3.47. The second-order valence-electron chi connectivity index (χ2n) is 5.23. The molecule has 0 spiro atoms. The Morgan fingerprint density at radius 2 is 2.20 bits per heavy atom. The fourth-order valence-corrected chi connectivity index (χ4v) is 2.24. The molecule has 0 aliphatic carbocycles. The maximum Gasteiger partial charge on any atom is 0.123 e. The van der Waals surface area contributed by atoms with E-state index < -0.39 is 0 Å². The fourth-order valence-electron chi connectivity index (χ4n) is 2.24. The van der Waals surface area contributed by atoms with Gasteiger partial charge in [-0.15, -0.1) is 0 Å². The molecule has 20 heavy (non-hydrogen) atoms. The molecule has 0 radical (unpaired) electrons. The largest absolute Gasteiger partial charge is 0.496 e. The lowest BCUT2D eigenvalue weighted by Gasteiger charge is -2.10. The number of rotatable bonds is 6. The van der Waals surface area contributed by atoms with Gasteiger partial charge in [-0.3, -0.25) is 0 Å². The summed E-state index contributed by atoms with van der Waals surface area (Å²) in [5, 5.41) is 0. The van der Waals surface area contributed by atoms with E-state index in [0.717, 1.165) is 36.4 Å². The summed E-state index contributed by atoms with van der Waals surface area (Å²) in [5.74, 6) is 0.913. The SMILES string of the molecule is CCC(N)Cc1cn(Cc2cc(C)ccc2OC)cn1. The van der Waals surface area contributed by atoms with Crippen molar-refractivity contribution in [1.29, 1.82) is 0 Å². The third kappa shape index (κ3) is 3.61. The zero-order valence-corrected chi connectivity index (χ0v) is 12.5. The number of benzene rings is 1. The van der Waals surface area contributed by atoms with E-state index in [1.165, 1.54) is 5.56 Å². The number of aryl methyl sites for hydroxylation is 1. The second-order valence-corrected chi connectivity index (χ2v) is 5.23. The summed E-state index contributed by atoms with van der Waals surface area (Å²) < 4.78 is 7.49. The highest BCUT2D eigenvalue weighted by molar-refractivity contribution is 5.37. The number of nitrogens with two attached hydrogens (primary N) is 1. The normalized spacial score (nSPS) is 12.4. The van der Waals surface area contributed by atoms with Crippen molar-refractivity contribution >= 4 is 0 Å². The molecule has 0 bridgehead atoms. The summed E-state index contributed by atoms with van der Waals surface area (Å²) in [6.07, 6.45) is 5.73. The summed E-state index contributed by atoms with van der Waals surface area (Å²) in [6.45, 7) is 4.95. The van der Waals surface area contributed by atoms with Gasteiger partial charge in [-0.1, -0.05) is 24.6 Å². The molecule has 4 nitrogen and oxygen atoms in total. The van der Waals surface area contributed by atoms with Gasteiger partial charge in [0.15, 0.2) is 0 Å². The first-order chi connectivity index (χ1) is 9.62. The third-order valence-electron chi connectivity index (χ3n) is 3.47. The molecule has 0 fully saturated rings. The molecule has 1 aromatic carbocycles. The molecule has 2 rings (SSSR count). The number of ether oxygens (including phenoxy) is 1. The van der Waals surface area contributed by atoms with Crippen LogP contribution in [-0.2, 0) is 13.0 Å². The smallest absolute Gasteiger partial charge is 0.123 e. The van der Waals surface area contributed by atoms with Crippen molar-refractivity contribution in [3.63, 3.8) is 0 Å². The van der Waals surface area contributed by atoms with Crippen molar-refractivity contribution in [2.24, 2.45) is 5.73 Å². The molecule has 0 saturated heterocycles. The van der Waals surface area contributed by atoms with Gasteiger partial charge in [0.05, 0.1) is 25.7 Å². The van der Waals surface area contributed by atoms with E-state index in [2.05, 4.69) is 41.7 Å². The van der Waals surface area contributed by atoms with E-state index in [4.69, 9.17) is 10.5 Å².